The minimum absolute atomic E-state index is 0.340. The van der Waals surface area contributed by atoms with Crippen LogP contribution in [-0.2, 0) is 12.8 Å². The SMILES string of the molecule is C/C=C/c1ccc2c(c1)OCO2.C=CCc1ccc2c(c1)OCO2.CCCc1ccc2c(c1)OCO2. The second-order valence-electron chi connectivity index (χ2n) is 8.23. The van der Waals surface area contributed by atoms with E-state index >= 15 is 0 Å². The van der Waals surface area contributed by atoms with Crippen molar-refractivity contribution in [3.8, 4) is 34.5 Å². The van der Waals surface area contributed by atoms with E-state index in [-0.39, 0.29) is 0 Å². The van der Waals surface area contributed by atoms with Crippen molar-refractivity contribution in [3.05, 3.63) is 90.0 Å². The van der Waals surface area contributed by atoms with E-state index in [1.54, 1.807) is 0 Å². The summed E-state index contributed by atoms with van der Waals surface area (Å²) in [5, 5.41) is 0. The van der Waals surface area contributed by atoms with Gasteiger partial charge in [0, 0.05) is 0 Å². The molecule has 0 N–H and O–H groups in total. The van der Waals surface area contributed by atoms with E-state index in [0.717, 1.165) is 52.9 Å². The molecule has 3 aromatic rings. The molecule has 0 aromatic heterocycles. The van der Waals surface area contributed by atoms with E-state index < -0.39 is 0 Å². The van der Waals surface area contributed by atoms with Gasteiger partial charge in [0.15, 0.2) is 34.5 Å². The fourth-order valence-electron chi connectivity index (χ4n) is 3.83. The van der Waals surface area contributed by atoms with E-state index in [4.69, 9.17) is 28.4 Å². The Morgan fingerprint density at radius 3 is 1.72 bits per heavy atom. The summed E-state index contributed by atoms with van der Waals surface area (Å²) in [5.41, 5.74) is 3.66. The monoisotopic (exact) mass is 488 g/mol. The van der Waals surface area contributed by atoms with Crippen molar-refractivity contribution in [3.63, 3.8) is 0 Å². The first kappa shape index (κ1) is 25.0. The molecule has 36 heavy (non-hydrogen) atoms. The van der Waals surface area contributed by atoms with Crippen LogP contribution in [-0.4, -0.2) is 20.4 Å². The van der Waals surface area contributed by atoms with Crippen LogP contribution in [0.25, 0.3) is 6.08 Å². The second kappa shape index (κ2) is 12.6. The first-order valence-electron chi connectivity index (χ1n) is 12.1. The highest BCUT2D eigenvalue weighted by atomic mass is 16.7. The highest BCUT2D eigenvalue weighted by Gasteiger charge is 2.13. The molecule has 188 valence electrons. The molecule has 0 atom stereocenters. The van der Waals surface area contributed by atoms with Crippen LogP contribution < -0.4 is 28.4 Å². The lowest BCUT2D eigenvalue weighted by molar-refractivity contribution is 0.173. The molecule has 0 saturated carbocycles. The van der Waals surface area contributed by atoms with Crippen LogP contribution in [0.15, 0.2) is 73.3 Å². The van der Waals surface area contributed by atoms with Crippen LogP contribution in [0.4, 0.5) is 0 Å². The Morgan fingerprint density at radius 2 is 1.17 bits per heavy atom. The summed E-state index contributed by atoms with van der Waals surface area (Å²) >= 11 is 0. The summed E-state index contributed by atoms with van der Waals surface area (Å²) in [4.78, 5) is 0. The maximum atomic E-state index is 5.26. The summed E-state index contributed by atoms with van der Waals surface area (Å²) in [6.07, 6.45) is 9.05. The maximum absolute atomic E-state index is 5.26. The molecule has 0 unspecified atom stereocenters. The zero-order valence-electron chi connectivity index (χ0n) is 20.8. The number of allylic oxidation sites excluding steroid dienone is 2. The van der Waals surface area contributed by atoms with Gasteiger partial charge in [-0.05, 0) is 72.9 Å². The predicted octanol–water partition coefficient (Wildman–Crippen LogP) is 6.96. The van der Waals surface area contributed by atoms with Gasteiger partial charge < -0.3 is 28.4 Å². The molecule has 6 heteroatoms. The Bertz CT molecular complexity index is 1200. The average Bonchev–Trinajstić information content (AvgIpc) is 3.65. The minimum atomic E-state index is 0.340. The summed E-state index contributed by atoms with van der Waals surface area (Å²) in [5.74, 6) is 5.11. The van der Waals surface area contributed by atoms with E-state index in [1.807, 2.05) is 67.6 Å². The molecule has 0 aliphatic carbocycles. The number of ether oxygens (including phenoxy) is 6. The Hall–Kier alpha value is -4.06. The Balaban J connectivity index is 0.000000127. The van der Waals surface area contributed by atoms with Crippen LogP contribution in [0, 0.1) is 0 Å². The van der Waals surface area contributed by atoms with E-state index in [2.05, 4.69) is 25.6 Å². The van der Waals surface area contributed by atoms with Gasteiger partial charge in [-0.2, -0.15) is 0 Å². The molecule has 0 saturated heterocycles. The zero-order chi connectivity index (χ0) is 25.2. The Morgan fingerprint density at radius 1 is 0.667 bits per heavy atom. The highest BCUT2D eigenvalue weighted by molar-refractivity contribution is 5.56. The Kier molecular flexibility index (Phi) is 8.76. The van der Waals surface area contributed by atoms with Gasteiger partial charge in [0.05, 0.1) is 0 Å². The van der Waals surface area contributed by atoms with Crippen molar-refractivity contribution >= 4 is 6.08 Å². The zero-order valence-corrected chi connectivity index (χ0v) is 20.8. The number of hydrogen-bond donors (Lipinski definition) is 0. The molecular weight excluding hydrogens is 456 g/mol. The molecule has 3 aliphatic rings. The average molecular weight is 489 g/mol. The van der Waals surface area contributed by atoms with Gasteiger partial charge in [-0.1, -0.05) is 49.8 Å². The van der Waals surface area contributed by atoms with Crippen molar-refractivity contribution in [2.75, 3.05) is 20.4 Å². The van der Waals surface area contributed by atoms with Gasteiger partial charge in [0.1, 0.15) is 0 Å². The molecule has 0 fully saturated rings. The molecule has 0 amide bonds. The van der Waals surface area contributed by atoms with Crippen LogP contribution in [0.2, 0.25) is 0 Å². The standard InChI is InChI=1S/C10H12O2.2C10H10O2/c3*1-2-3-8-4-5-9-10(6-8)12-7-11-9/h4-6H,2-3,7H2,1H3;2-6H,7H2,1H3;2,4-6H,1,3,7H2/b;3-2+;. The highest BCUT2D eigenvalue weighted by Crippen LogP contribution is 2.34. The quantitative estimate of drug-likeness (QED) is 0.362. The second-order valence-corrected chi connectivity index (χ2v) is 8.23. The van der Waals surface area contributed by atoms with Gasteiger partial charge in [-0.15, -0.1) is 6.58 Å². The third-order valence-electron chi connectivity index (χ3n) is 5.55. The van der Waals surface area contributed by atoms with Crippen LogP contribution >= 0.6 is 0 Å². The molecule has 3 aromatic carbocycles. The summed E-state index contributed by atoms with van der Waals surface area (Å²) in [6.45, 7) is 8.89. The van der Waals surface area contributed by atoms with Crippen molar-refractivity contribution in [1.29, 1.82) is 0 Å². The van der Waals surface area contributed by atoms with Gasteiger partial charge in [-0.25, -0.2) is 0 Å². The third kappa shape index (κ3) is 6.54. The molecule has 0 spiro atoms. The first-order chi connectivity index (χ1) is 17.7. The number of rotatable bonds is 5. The lowest BCUT2D eigenvalue weighted by atomic mass is 10.1. The molecule has 0 radical (unpaired) electrons. The van der Waals surface area contributed by atoms with Gasteiger partial charge in [0.2, 0.25) is 20.4 Å². The molecule has 6 nitrogen and oxygen atoms in total. The summed E-state index contributed by atoms with van der Waals surface area (Å²) < 4.78 is 31.3. The molecular formula is C30H32O6. The number of benzene rings is 3. The predicted molar refractivity (Wildman–Crippen MR) is 140 cm³/mol. The van der Waals surface area contributed by atoms with E-state index in [9.17, 15) is 0 Å². The summed E-state index contributed by atoms with van der Waals surface area (Å²) in [7, 11) is 0. The van der Waals surface area contributed by atoms with Crippen molar-refractivity contribution in [2.45, 2.75) is 33.1 Å². The number of aryl methyl sites for hydroxylation is 1. The molecule has 0 bridgehead atoms. The molecule has 6 rings (SSSR count). The van der Waals surface area contributed by atoms with Crippen LogP contribution in [0.1, 0.15) is 37.0 Å². The lowest BCUT2D eigenvalue weighted by Crippen LogP contribution is -1.92. The summed E-state index contributed by atoms with van der Waals surface area (Å²) in [6, 6.07) is 18.0. The van der Waals surface area contributed by atoms with Crippen molar-refractivity contribution < 1.29 is 28.4 Å². The van der Waals surface area contributed by atoms with Gasteiger partial charge >= 0.3 is 0 Å². The number of fused-ring (bicyclic) bond motifs is 3. The maximum Gasteiger partial charge on any atom is 0.231 e. The van der Waals surface area contributed by atoms with E-state index in [0.29, 0.717) is 20.4 Å². The van der Waals surface area contributed by atoms with Gasteiger partial charge in [0.25, 0.3) is 0 Å². The fourth-order valence-corrected chi connectivity index (χ4v) is 3.83. The topological polar surface area (TPSA) is 55.4 Å². The molecule has 3 aliphatic heterocycles. The lowest BCUT2D eigenvalue weighted by Gasteiger charge is -1.99. The first-order valence-corrected chi connectivity index (χ1v) is 12.1. The van der Waals surface area contributed by atoms with Gasteiger partial charge in [-0.3, -0.25) is 0 Å². The largest absolute Gasteiger partial charge is 0.454 e. The Labute approximate surface area is 212 Å². The van der Waals surface area contributed by atoms with Crippen molar-refractivity contribution in [1.82, 2.24) is 0 Å². The normalized spacial score (nSPS) is 13.5. The number of hydrogen-bond acceptors (Lipinski definition) is 6. The third-order valence-corrected chi connectivity index (χ3v) is 5.55. The fraction of sp³-hybridized carbons (Fsp3) is 0.267. The van der Waals surface area contributed by atoms with Crippen LogP contribution in [0.3, 0.4) is 0 Å². The van der Waals surface area contributed by atoms with E-state index in [1.165, 1.54) is 17.5 Å². The van der Waals surface area contributed by atoms with Crippen molar-refractivity contribution in [2.24, 2.45) is 0 Å². The minimum Gasteiger partial charge on any atom is -0.454 e. The smallest absolute Gasteiger partial charge is 0.231 e. The van der Waals surface area contributed by atoms with Crippen LogP contribution in [0.5, 0.6) is 34.5 Å². The molecule has 3 heterocycles.